The van der Waals surface area contributed by atoms with Crippen molar-refractivity contribution in [3.8, 4) is 11.5 Å². The van der Waals surface area contributed by atoms with Gasteiger partial charge in [-0.15, -0.1) is 0 Å². The van der Waals surface area contributed by atoms with Crippen LogP contribution in [0.4, 0.5) is 4.39 Å². The topological polar surface area (TPSA) is 67.9 Å². The summed E-state index contributed by atoms with van der Waals surface area (Å²) in [4.78, 5) is 27.4. The Balaban J connectivity index is 2.18. The third kappa shape index (κ3) is 7.27. The monoisotopic (exact) mass is 430 g/mol. The summed E-state index contributed by atoms with van der Waals surface area (Å²) in [5.74, 6) is 0.312. The Morgan fingerprint density at radius 1 is 1.00 bits per heavy atom. The van der Waals surface area contributed by atoms with E-state index in [0.29, 0.717) is 17.9 Å². The quantitative estimate of drug-likeness (QED) is 0.586. The zero-order valence-corrected chi connectivity index (χ0v) is 18.6. The molecule has 31 heavy (non-hydrogen) atoms. The van der Waals surface area contributed by atoms with Crippen molar-refractivity contribution in [2.75, 3.05) is 13.7 Å². The number of hydrogen-bond acceptors (Lipinski definition) is 4. The highest BCUT2D eigenvalue weighted by Crippen LogP contribution is 2.18. The van der Waals surface area contributed by atoms with Gasteiger partial charge in [0.15, 0.2) is 6.61 Å². The number of halogens is 1. The number of carbonyl (C=O) groups excluding carboxylic acids is 2. The maximum atomic E-state index is 13.3. The molecule has 0 bridgehead atoms. The number of nitrogens with one attached hydrogen (secondary N) is 1. The van der Waals surface area contributed by atoms with Gasteiger partial charge >= 0.3 is 0 Å². The van der Waals surface area contributed by atoms with E-state index in [1.807, 2.05) is 20.8 Å². The first-order chi connectivity index (χ1) is 14.9. The summed E-state index contributed by atoms with van der Waals surface area (Å²) in [6, 6.07) is 12.1. The van der Waals surface area contributed by atoms with Gasteiger partial charge in [0, 0.05) is 12.6 Å². The summed E-state index contributed by atoms with van der Waals surface area (Å²) < 4.78 is 24.1. The lowest BCUT2D eigenvalue weighted by molar-refractivity contribution is -0.143. The van der Waals surface area contributed by atoms with E-state index in [9.17, 15) is 14.0 Å². The van der Waals surface area contributed by atoms with Crippen molar-refractivity contribution in [1.82, 2.24) is 10.2 Å². The van der Waals surface area contributed by atoms with E-state index >= 15 is 0 Å². The number of ether oxygens (including phenoxy) is 2. The highest BCUT2D eigenvalue weighted by molar-refractivity contribution is 5.88. The fourth-order valence-corrected chi connectivity index (χ4v) is 3.05. The third-order valence-electron chi connectivity index (χ3n) is 5.07. The van der Waals surface area contributed by atoms with Crippen LogP contribution in [0.25, 0.3) is 0 Å². The van der Waals surface area contributed by atoms with E-state index in [4.69, 9.17) is 9.47 Å². The van der Waals surface area contributed by atoms with Gasteiger partial charge in [0.1, 0.15) is 23.4 Å². The molecule has 0 aliphatic heterocycles. The fourth-order valence-electron chi connectivity index (χ4n) is 3.05. The van der Waals surface area contributed by atoms with Crippen molar-refractivity contribution in [3.63, 3.8) is 0 Å². The van der Waals surface area contributed by atoms with Crippen LogP contribution < -0.4 is 14.8 Å². The Morgan fingerprint density at radius 3 is 2.16 bits per heavy atom. The molecule has 0 aromatic heterocycles. The number of hydrogen-bond donors (Lipinski definition) is 1. The molecule has 0 radical (unpaired) electrons. The average Bonchev–Trinajstić information content (AvgIpc) is 2.78. The predicted octanol–water partition coefficient (Wildman–Crippen LogP) is 3.94. The van der Waals surface area contributed by atoms with Crippen molar-refractivity contribution in [2.24, 2.45) is 0 Å². The van der Waals surface area contributed by atoms with Crippen LogP contribution in [-0.2, 0) is 16.1 Å². The molecule has 0 aliphatic carbocycles. The number of benzene rings is 2. The first-order valence-corrected chi connectivity index (χ1v) is 10.5. The average molecular weight is 431 g/mol. The van der Waals surface area contributed by atoms with E-state index in [1.165, 1.54) is 17.0 Å². The van der Waals surface area contributed by atoms with Crippen LogP contribution in [0.5, 0.6) is 11.5 Å². The number of nitrogens with zero attached hydrogens (tertiary/aromatic N) is 1. The first kappa shape index (κ1) is 24.2. The van der Waals surface area contributed by atoms with E-state index in [0.717, 1.165) is 12.0 Å². The molecule has 0 saturated heterocycles. The molecule has 0 heterocycles. The van der Waals surface area contributed by atoms with Crippen LogP contribution in [0.2, 0.25) is 0 Å². The van der Waals surface area contributed by atoms with Gasteiger partial charge in [0.2, 0.25) is 5.91 Å². The van der Waals surface area contributed by atoms with E-state index in [1.54, 1.807) is 43.5 Å². The van der Waals surface area contributed by atoms with Crippen molar-refractivity contribution < 1.29 is 23.5 Å². The number of carbonyl (C=O) groups is 2. The van der Waals surface area contributed by atoms with Gasteiger partial charge in [-0.25, -0.2) is 4.39 Å². The molecular formula is C24H31FN2O4. The number of amides is 2. The molecule has 2 atom stereocenters. The predicted molar refractivity (Wildman–Crippen MR) is 117 cm³/mol. The summed E-state index contributed by atoms with van der Waals surface area (Å²) in [6.45, 7) is 5.72. The van der Waals surface area contributed by atoms with Crippen LogP contribution >= 0.6 is 0 Å². The van der Waals surface area contributed by atoms with Crippen LogP contribution in [0.3, 0.4) is 0 Å². The molecule has 2 aromatic carbocycles. The Morgan fingerprint density at radius 2 is 1.61 bits per heavy atom. The molecule has 168 valence electrons. The second kappa shape index (κ2) is 11.9. The van der Waals surface area contributed by atoms with Gasteiger partial charge in [-0.1, -0.05) is 26.0 Å². The minimum atomic E-state index is -0.661. The Kier molecular flexibility index (Phi) is 9.31. The molecule has 2 rings (SSSR count). The fraction of sp³-hybridized carbons (Fsp3) is 0.417. The molecule has 0 spiro atoms. The van der Waals surface area contributed by atoms with Gasteiger partial charge in [0.25, 0.3) is 5.91 Å². The Hall–Kier alpha value is -3.09. The summed E-state index contributed by atoms with van der Waals surface area (Å²) >= 11 is 0. The molecular weight excluding hydrogens is 399 g/mol. The van der Waals surface area contributed by atoms with Crippen molar-refractivity contribution in [1.29, 1.82) is 0 Å². The highest BCUT2D eigenvalue weighted by atomic mass is 19.1. The lowest BCUT2D eigenvalue weighted by Gasteiger charge is -2.31. The van der Waals surface area contributed by atoms with Gasteiger partial charge < -0.3 is 19.7 Å². The zero-order chi connectivity index (χ0) is 22.8. The first-order valence-electron chi connectivity index (χ1n) is 10.5. The largest absolute Gasteiger partial charge is 0.497 e. The smallest absolute Gasteiger partial charge is 0.261 e. The van der Waals surface area contributed by atoms with Crippen molar-refractivity contribution in [2.45, 2.75) is 52.2 Å². The van der Waals surface area contributed by atoms with Crippen LogP contribution in [0.15, 0.2) is 48.5 Å². The second-order valence-corrected chi connectivity index (χ2v) is 7.35. The lowest BCUT2D eigenvalue weighted by Crippen LogP contribution is -2.51. The highest BCUT2D eigenvalue weighted by Gasteiger charge is 2.29. The second-order valence-electron chi connectivity index (χ2n) is 7.35. The SMILES string of the molecule is CC[C@H](C(=O)N[C@@H](C)CC)N(Cc1ccc(F)cc1)C(=O)COc1ccc(OC)cc1. The van der Waals surface area contributed by atoms with Crippen LogP contribution in [0, 0.1) is 5.82 Å². The van der Waals surface area contributed by atoms with Crippen molar-refractivity contribution >= 4 is 11.8 Å². The summed E-state index contributed by atoms with van der Waals surface area (Å²) in [5, 5.41) is 2.95. The minimum absolute atomic E-state index is 0.000118. The Bertz CT molecular complexity index is 840. The third-order valence-corrected chi connectivity index (χ3v) is 5.07. The number of rotatable bonds is 11. The maximum absolute atomic E-state index is 13.3. The summed E-state index contributed by atoms with van der Waals surface area (Å²) in [6.07, 6.45) is 1.23. The molecule has 2 aromatic rings. The normalized spacial score (nSPS) is 12.5. The summed E-state index contributed by atoms with van der Waals surface area (Å²) in [5.41, 5.74) is 0.731. The molecule has 6 nitrogen and oxygen atoms in total. The van der Waals surface area contributed by atoms with E-state index in [-0.39, 0.29) is 36.8 Å². The molecule has 0 unspecified atom stereocenters. The van der Waals surface area contributed by atoms with E-state index in [2.05, 4.69) is 5.32 Å². The maximum Gasteiger partial charge on any atom is 0.261 e. The molecule has 0 saturated carbocycles. The van der Waals surface area contributed by atoms with Crippen molar-refractivity contribution in [3.05, 3.63) is 59.9 Å². The molecule has 0 fully saturated rings. The molecule has 2 amide bonds. The number of methoxy groups -OCH3 is 1. The molecule has 1 N–H and O–H groups in total. The Labute approximate surface area is 183 Å². The van der Waals surface area contributed by atoms with Gasteiger partial charge in [0.05, 0.1) is 7.11 Å². The van der Waals surface area contributed by atoms with Crippen LogP contribution in [0.1, 0.15) is 39.2 Å². The van der Waals surface area contributed by atoms with Gasteiger partial charge in [-0.2, -0.15) is 0 Å². The van der Waals surface area contributed by atoms with E-state index < -0.39 is 6.04 Å². The lowest BCUT2D eigenvalue weighted by atomic mass is 10.1. The zero-order valence-electron chi connectivity index (χ0n) is 18.6. The van der Waals surface area contributed by atoms with Crippen LogP contribution in [-0.4, -0.2) is 42.5 Å². The minimum Gasteiger partial charge on any atom is -0.497 e. The standard InChI is InChI=1S/C24H31FN2O4/c1-5-17(3)26-24(29)22(6-2)27(15-18-7-9-19(25)10-8-18)23(28)16-31-21-13-11-20(30-4)12-14-21/h7-14,17,22H,5-6,15-16H2,1-4H3,(H,26,29)/t17-,22+/m0/s1. The van der Waals surface area contributed by atoms with Gasteiger partial charge in [-0.3, -0.25) is 9.59 Å². The van der Waals surface area contributed by atoms with Gasteiger partial charge in [-0.05, 0) is 61.7 Å². The molecule has 0 aliphatic rings. The molecule has 7 heteroatoms. The summed E-state index contributed by atoms with van der Waals surface area (Å²) in [7, 11) is 1.57.